The first-order valence-corrected chi connectivity index (χ1v) is 5.07. The molecular formula is C6H14O2Si. The summed E-state index contributed by atoms with van der Waals surface area (Å²) < 4.78 is 10.5. The van der Waals surface area contributed by atoms with Crippen LogP contribution in [0.4, 0.5) is 0 Å². The molecule has 1 rings (SSSR count). The summed E-state index contributed by atoms with van der Waals surface area (Å²) >= 11 is 0. The lowest BCUT2D eigenvalue weighted by atomic mass is 10.5. The van der Waals surface area contributed by atoms with Crippen molar-refractivity contribution in [2.45, 2.75) is 31.8 Å². The third-order valence-corrected chi connectivity index (χ3v) is 2.23. The first-order valence-electron chi connectivity index (χ1n) is 3.65. The Morgan fingerprint density at radius 3 is 2.89 bits per heavy atom. The molecule has 54 valence electrons. The van der Waals surface area contributed by atoms with Gasteiger partial charge in [0.15, 0.2) is 6.29 Å². The Hall–Kier alpha value is 0.137. The summed E-state index contributed by atoms with van der Waals surface area (Å²) in [5, 5.41) is 0. The van der Waals surface area contributed by atoms with Gasteiger partial charge in [-0.1, -0.05) is 6.92 Å². The fraction of sp³-hybridized carbons (Fsp3) is 1.00. The molecule has 0 aromatic rings. The van der Waals surface area contributed by atoms with E-state index in [-0.39, 0.29) is 6.29 Å². The van der Waals surface area contributed by atoms with Crippen LogP contribution in [-0.2, 0) is 9.47 Å². The minimum atomic E-state index is 0.169. The maximum Gasteiger partial charge on any atom is 0.184 e. The number of rotatable bonds is 4. The van der Waals surface area contributed by atoms with Crippen LogP contribution < -0.4 is 0 Å². The fourth-order valence-electron chi connectivity index (χ4n) is 0.796. The van der Waals surface area contributed by atoms with Gasteiger partial charge in [-0.15, -0.1) is 0 Å². The Morgan fingerprint density at radius 2 is 2.44 bits per heavy atom. The fourth-order valence-corrected chi connectivity index (χ4v) is 1.37. The van der Waals surface area contributed by atoms with Crippen molar-refractivity contribution in [3.63, 3.8) is 0 Å². The van der Waals surface area contributed by atoms with E-state index in [1.165, 1.54) is 16.3 Å². The molecule has 0 aromatic heterocycles. The van der Waals surface area contributed by atoms with Crippen molar-refractivity contribution >= 4 is 10.2 Å². The lowest BCUT2D eigenvalue weighted by Crippen LogP contribution is -2.00. The maximum absolute atomic E-state index is 5.31. The summed E-state index contributed by atoms with van der Waals surface area (Å²) in [5.74, 6) is 0. The molecule has 1 heterocycles. The largest absolute Gasteiger partial charge is 0.350 e. The summed E-state index contributed by atoms with van der Waals surface area (Å²) in [6, 6.07) is 1.22. The van der Waals surface area contributed by atoms with Gasteiger partial charge in [0, 0.05) is 16.8 Å². The molecule has 0 saturated carbocycles. The van der Waals surface area contributed by atoms with Crippen LogP contribution in [0.15, 0.2) is 0 Å². The summed E-state index contributed by atoms with van der Waals surface area (Å²) in [4.78, 5) is 0. The quantitative estimate of drug-likeness (QED) is 0.409. The molecule has 1 fully saturated rings. The Kier molecular flexibility index (Phi) is 2.69. The molecule has 9 heavy (non-hydrogen) atoms. The first kappa shape index (κ1) is 7.25. The highest BCUT2D eigenvalue weighted by Gasteiger charge is 2.37. The Balaban J connectivity index is 1.92. The van der Waals surface area contributed by atoms with Gasteiger partial charge in [-0.3, -0.25) is 0 Å². The second-order valence-electron chi connectivity index (χ2n) is 2.32. The molecule has 0 aromatic carbocycles. The van der Waals surface area contributed by atoms with Gasteiger partial charge in [0.1, 0.15) is 6.10 Å². The van der Waals surface area contributed by atoms with Crippen molar-refractivity contribution < 1.29 is 9.47 Å². The van der Waals surface area contributed by atoms with Gasteiger partial charge in [0.2, 0.25) is 0 Å². The van der Waals surface area contributed by atoms with Crippen molar-refractivity contribution in [3.8, 4) is 0 Å². The Bertz CT molecular complexity index is 87.1. The van der Waals surface area contributed by atoms with Gasteiger partial charge in [0.25, 0.3) is 0 Å². The molecule has 1 saturated heterocycles. The topological polar surface area (TPSA) is 21.8 Å². The summed E-state index contributed by atoms with van der Waals surface area (Å²) in [7, 11) is 1.23. The minimum Gasteiger partial charge on any atom is -0.350 e. The normalized spacial score (nSPS) is 33.0. The van der Waals surface area contributed by atoms with Crippen molar-refractivity contribution in [1.82, 2.24) is 0 Å². The molecule has 1 aliphatic rings. The molecule has 0 N–H and O–H groups in total. The van der Waals surface area contributed by atoms with Crippen LogP contribution in [0.1, 0.15) is 13.3 Å². The van der Waals surface area contributed by atoms with E-state index >= 15 is 0 Å². The molecule has 1 aliphatic heterocycles. The van der Waals surface area contributed by atoms with Gasteiger partial charge in [0.05, 0.1) is 0 Å². The lowest BCUT2D eigenvalue weighted by Gasteiger charge is -1.93. The summed E-state index contributed by atoms with van der Waals surface area (Å²) in [6.07, 6.45) is 1.72. The smallest absolute Gasteiger partial charge is 0.184 e. The third-order valence-electron chi connectivity index (χ3n) is 1.42. The van der Waals surface area contributed by atoms with Crippen LogP contribution in [0.25, 0.3) is 0 Å². The van der Waals surface area contributed by atoms with Gasteiger partial charge in [-0.25, -0.2) is 0 Å². The van der Waals surface area contributed by atoms with Crippen molar-refractivity contribution in [2.24, 2.45) is 0 Å². The van der Waals surface area contributed by atoms with Crippen LogP contribution in [0, 0.1) is 0 Å². The molecule has 0 aliphatic carbocycles. The highest BCUT2D eigenvalue weighted by atomic mass is 28.1. The number of ether oxygens (including phenoxy) is 2. The molecule has 0 spiro atoms. The van der Waals surface area contributed by atoms with Gasteiger partial charge in [-0.2, -0.15) is 0 Å². The SMILES string of the molecule is CCCOC1OC1C[SiH3]. The zero-order chi connectivity index (χ0) is 6.69. The summed E-state index contributed by atoms with van der Waals surface area (Å²) in [6.45, 7) is 2.96. The van der Waals surface area contributed by atoms with E-state index in [0.717, 1.165) is 13.0 Å². The second kappa shape index (κ2) is 3.34. The average molecular weight is 146 g/mol. The van der Waals surface area contributed by atoms with E-state index in [1.807, 2.05) is 0 Å². The zero-order valence-corrected chi connectivity index (χ0v) is 8.09. The van der Waals surface area contributed by atoms with E-state index < -0.39 is 0 Å². The highest BCUT2D eigenvalue weighted by Crippen LogP contribution is 2.25. The molecule has 3 heteroatoms. The van der Waals surface area contributed by atoms with Crippen LogP contribution in [-0.4, -0.2) is 29.2 Å². The van der Waals surface area contributed by atoms with Crippen LogP contribution >= 0.6 is 0 Å². The highest BCUT2D eigenvalue weighted by molar-refractivity contribution is 6.09. The first-order chi connectivity index (χ1) is 4.38. The predicted octanol–water partition coefficient (Wildman–Crippen LogP) is -0.0784. The molecule has 2 atom stereocenters. The zero-order valence-electron chi connectivity index (χ0n) is 6.09. The molecule has 2 unspecified atom stereocenters. The van der Waals surface area contributed by atoms with Gasteiger partial charge < -0.3 is 9.47 Å². The minimum absolute atomic E-state index is 0.169. The molecule has 2 nitrogen and oxygen atoms in total. The standard InChI is InChI=1S/C6H14O2Si/c1-2-3-7-6-5(4-9)8-6/h5-6H,2-4H2,1,9H3. The summed E-state index contributed by atoms with van der Waals surface area (Å²) in [5.41, 5.74) is 0. The predicted molar refractivity (Wildman–Crippen MR) is 39.7 cm³/mol. The van der Waals surface area contributed by atoms with Crippen molar-refractivity contribution in [1.29, 1.82) is 0 Å². The lowest BCUT2D eigenvalue weighted by molar-refractivity contribution is 0.0507. The average Bonchev–Trinajstić information content (AvgIpc) is 2.62. The molecular weight excluding hydrogens is 132 g/mol. The Labute approximate surface area is 59.0 Å². The van der Waals surface area contributed by atoms with Crippen molar-refractivity contribution in [3.05, 3.63) is 0 Å². The van der Waals surface area contributed by atoms with Gasteiger partial charge >= 0.3 is 0 Å². The van der Waals surface area contributed by atoms with Crippen LogP contribution in [0.5, 0.6) is 0 Å². The molecule has 0 bridgehead atoms. The number of hydrogen-bond acceptors (Lipinski definition) is 2. The molecule has 0 radical (unpaired) electrons. The second-order valence-corrected chi connectivity index (χ2v) is 3.14. The van der Waals surface area contributed by atoms with Crippen molar-refractivity contribution in [2.75, 3.05) is 6.61 Å². The van der Waals surface area contributed by atoms with E-state index in [2.05, 4.69) is 6.92 Å². The number of epoxide rings is 1. The van der Waals surface area contributed by atoms with Gasteiger partial charge in [-0.05, 0) is 12.5 Å². The number of hydrogen-bond donors (Lipinski definition) is 0. The van der Waals surface area contributed by atoms with Crippen LogP contribution in [0.2, 0.25) is 6.04 Å². The third kappa shape index (κ3) is 2.08. The Morgan fingerprint density at radius 1 is 1.67 bits per heavy atom. The molecule has 0 amide bonds. The van der Waals surface area contributed by atoms with Crippen LogP contribution in [0.3, 0.4) is 0 Å². The van der Waals surface area contributed by atoms with E-state index in [9.17, 15) is 0 Å². The van der Waals surface area contributed by atoms with E-state index in [4.69, 9.17) is 9.47 Å². The monoisotopic (exact) mass is 146 g/mol. The van der Waals surface area contributed by atoms with E-state index in [1.54, 1.807) is 0 Å². The van der Waals surface area contributed by atoms with E-state index in [0.29, 0.717) is 6.10 Å². The maximum atomic E-state index is 5.31.